The van der Waals surface area contributed by atoms with Gasteiger partial charge in [0, 0.05) is 23.5 Å². The van der Waals surface area contributed by atoms with E-state index in [4.69, 9.17) is 16.3 Å². The van der Waals surface area contributed by atoms with Gasteiger partial charge in [0.25, 0.3) is 5.91 Å². The highest BCUT2D eigenvalue weighted by Crippen LogP contribution is 2.23. The first-order chi connectivity index (χ1) is 15.4. The Hall–Kier alpha value is -2.73. The minimum Gasteiger partial charge on any atom is -0.493 e. The van der Waals surface area contributed by atoms with E-state index in [2.05, 4.69) is 29.8 Å². The van der Waals surface area contributed by atoms with Crippen molar-refractivity contribution >= 4 is 34.8 Å². The molecule has 0 aliphatic heterocycles. The number of hydrogen-bond donors (Lipinski definition) is 3. The molecule has 1 saturated carbocycles. The Bertz CT molecular complexity index is 926. The number of nitrogens with one attached hydrogen (secondary N) is 3. The molecule has 1 fully saturated rings. The largest absolute Gasteiger partial charge is 0.493 e. The zero-order valence-corrected chi connectivity index (χ0v) is 19.5. The Morgan fingerprint density at radius 3 is 2.59 bits per heavy atom. The number of ether oxygens (including phenoxy) is 1. The Balaban J connectivity index is 1.54. The standard InChI is InChI=1S/C25H32ClN3O3/c1-17(2)16-32-21-10-6-9-19(13-21)27-15-24(30)28-20-11-12-23(26)22(14-20)25(31)29-18-7-4-3-5-8-18/h6,9-14,17-18,27H,3-5,7-8,15-16H2,1-2H3,(H,28,30)(H,29,31). The minimum absolute atomic E-state index is 0.0832. The van der Waals surface area contributed by atoms with Crippen molar-refractivity contribution in [2.45, 2.75) is 52.0 Å². The highest BCUT2D eigenvalue weighted by Gasteiger charge is 2.19. The molecule has 1 aliphatic carbocycles. The van der Waals surface area contributed by atoms with Crippen molar-refractivity contribution in [2.75, 3.05) is 23.8 Å². The normalized spacial score (nSPS) is 14.1. The topological polar surface area (TPSA) is 79.5 Å². The van der Waals surface area contributed by atoms with Crippen LogP contribution < -0.4 is 20.7 Å². The van der Waals surface area contributed by atoms with Gasteiger partial charge in [-0.2, -0.15) is 0 Å². The summed E-state index contributed by atoms with van der Waals surface area (Å²) in [5, 5.41) is 9.35. The van der Waals surface area contributed by atoms with Gasteiger partial charge in [-0.25, -0.2) is 0 Å². The van der Waals surface area contributed by atoms with E-state index in [-0.39, 0.29) is 24.4 Å². The van der Waals surface area contributed by atoms with Crippen LogP contribution in [0.4, 0.5) is 11.4 Å². The van der Waals surface area contributed by atoms with E-state index >= 15 is 0 Å². The Kier molecular flexibility index (Phi) is 8.80. The van der Waals surface area contributed by atoms with Crippen LogP contribution >= 0.6 is 11.6 Å². The molecule has 2 aromatic rings. The number of halogens is 1. The fourth-order valence-electron chi connectivity index (χ4n) is 3.63. The summed E-state index contributed by atoms with van der Waals surface area (Å²) >= 11 is 6.25. The van der Waals surface area contributed by atoms with Crippen LogP contribution in [0.15, 0.2) is 42.5 Å². The molecule has 32 heavy (non-hydrogen) atoms. The summed E-state index contributed by atoms with van der Waals surface area (Å²) in [6.45, 7) is 4.90. The molecule has 0 radical (unpaired) electrons. The van der Waals surface area contributed by atoms with Crippen LogP contribution in [0.25, 0.3) is 0 Å². The summed E-state index contributed by atoms with van der Waals surface area (Å²) in [7, 11) is 0. The zero-order valence-electron chi connectivity index (χ0n) is 18.7. The number of carbonyl (C=O) groups is 2. The van der Waals surface area contributed by atoms with Crippen LogP contribution in [-0.4, -0.2) is 31.0 Å². The SMILES string of the molecule is CC(C)COc1cccc(NCC(=O)Nc2ccc(Cl)c(C(=O)NC3CCCCC3)c2)c1. The maximum Gasteiger partial charge on any atom is 0.253 e. The summed E-state index contributed by atoms with van der Waals surface area (Å²) in [6, 6.07) is 12.7. The second-order valence-electron chi connectivity index (χ2n) is 8.64. The van der Waals surface area contributed by atoms with Crippen LogP contribution in [-0.2, 0) is 4.79 Å². The van der Waals surface area contributed by atoms with Gasteiger partial charge in [0.15, 0.2) is 0 Å². The van der Waals surface area contributed by atoms with E-state index in [1.165, 1.54) is 6.42 Å². The summed E-state index contributed by atoms with van der Waals surface area (Å²) < 4.78 is 5.72. The van der Waals surface area contributed by atoms with Crippen LogP contribution in [0.2, 0.25) is 5.02 Å². The first-order valence-corrected chi connectivity index (χ1v) is 11.7. The van der Waals surface area contributed by atoms with E-state index in [1.807, 2.05) is 24.3 Å². The van der Waals surface area contributed by atoms with Crippen LogP contribution in [0.3, 0.4) is 0 Å². The Morgan fingerprint density at radius 2 is 1.84 bits per heavy atom. The maximum atomic E-state index is 12.7. The van der Waals surface area contributed by atoms with Gasteiger partial charge >= 0.3 is 0 Å². The van der Waals surface area contributed by atoms with E-state index in [0.717, 1.165) is 37.1 Å². The van der Waals surface area contributed by atoms with Crippen molar-refractivity contribution in [1.82, 2.24) is 5.32 Å². The summed E-state index contributed by atoms with van der Waals surface area (Å²) in [5.74, 6) is 0.774. The van der Waals surface area contributed by atoms with Crippen molar-refractivity contribution in [3.05, 3.63) is 53.1 Å². The molecule has 0 atom stereocenters. The van der Waals surface area contributed by atoms with Crippen molar-refractivity contribution in [1.29, 1.82) is 0 Å². The van der Waals surface area contributed by atoms with Gasteiger partial charge in [0.2, 0.25) is 5.91 Å². The lowest BCUT2D eigenvalue weighted by Gasteiger charge is -2.23. The fourth-order valence-corrected chi connectivity index (χ4v) is 3.84. The second kappa shape index (κ2) is 11.8. The number of rotatable bonds is 9. The predicted octanol–water partition coefficient (Wildman–Crippen LogP) is 5.49. The highest BCUT2D eigenvalue weighted by molar-refractivity contribution is 6.34. The molecule has 3 rings (SSSR count). The third-order valence-electron chi connectivity index (χ3n) is 5.31. The lowest BCUT2D eigenvalue weighted by Crippen LogP contribution is -2.36. The van der Waals surface area contributed by atoms with E-state index < -0.39 is 0 Å². The highest BCUT2D eigenvalue weighted by atomic mass is 35.5. The Morgan fingerprint density at radius 1 is 1.06 bits per heavy atom. The molecule has 0 aromatic heterocycles. The van der Waals surface area contributed by atoms with Crippen molar-refractivity contribution in [3.63, 3.8) is 0 Å². The van der Waals surface area contributed by atoms with Gasteiger partial charge in [-0.1, -0.05) is 50.8 Å². The fraction of sp³-hybridized carbons (Fsp3) is 0.440. The number of benzene rings is 2. The molecule has 2 aromatic carbocycles. The molecular formula is C25H32ClN3O3. The lowest BCUT2D eigenvalue weighted by molar-refractivity contribution is -0.114. The number of anilines is 2. The molecule has 6 nitrogen and oxygen atoms in total. The summed E-state index contributed by atoms with van der Waals surface area (Å²) in [4.78, 5) is 25.1. The minimum atomic E-state index is -0.223. The van der Waals surface area contributed by atoms with Crippen LogP contribution in [0.1, 0.15) is 56.3 Å². The molecule has 172 valence electrons. The summed E-state index contributed by atoms with van der Waals surface area (Å²) in [6.07, 6.45) is 5.48. The quantitative estimate of drug-likeness (QED) is 0.465. The first-order valence-electron chi connectivity index (χ1n) is 11.3. The van der Waals surface area contributed by atoms with E-state index in [9.17, 15) is 9.59 Å². The van der Waals surface area contributed by atoms with Gasteiger partial charge in [-0.3, -0.25) is 9.59 Å². The molecule has 0 saturated heterocycles. The maximum absolute atomic E-state index is 12.7. The summed E-state index contributed by atoms with van der Waals surface area (Å²) in [5.41, 5.74) is 1.70. The molecular weight excluding hydrogens is 426 g/mol. The first kappa shape index (κ1) is 23.9. The molecule has 2 amide bonds. The molecule has 3 N–H and O–H groups in total. The Labute approximate surface area is 195 Å². The van der Waals surface area contributed by atoms with Crippen molar-refractivity contribution in [3.8, 4) is 5.75 Å². The lowest BCUT2D eigenvalue weighted by atomic mass is 9.95. The van der Waals surface area contributed by atoms with Crippen molar-refractivity contribution in [2.24, 2.45) is 5.92 Å². The molecule has 0 unspecified atom stereocenters. The van der Waals surface area contributed by atoms with Gasteiger partial charge in [-0.15, -0.1) is 0 Å². The molecule has 7 heteroatoms. The molecule has 0 heterocycles. The average Bonchev–Trinajstić information content (AvgIpc) is 2.78. The van der Waals surface area contributed by atoms with E-state index in [1.54, 1.807) is 18.2 Å². The smallest absolute Gasteiger partial charge is 0.253 e. The number of hydrogen-bond acceptors (Lipinski definition) is 4. The molecule has 0 spiro atoms. The van der Waals surface area contributed by atoms with Gasteiger partial charge in [0.1, 0.15) is 5.75 Å². The van der Waals surface area contributed by atoms with Crippen LogP contribution in [0.5, 0.6) is 5.75 Å². The van der Waals surface area contributed by atoms with Gasteiger partial charge in [0.05, 0.1) is 23.7 Å². The van der Waals surface area contributed by atoms with Gasteiger partial charge < -0.3 is 20.7 Å². The van der Waals surface area contributed by atoms with Gasteiger partial charge in [-0.05, 0) is 49.1 Å². The zero-order chi connectivity index (χ0) is 22.9. The third-order valence-corrected chi connectivity index (χ3v) is 5.64. The molecule has 0 bridgehead atoms. The number of carbonyl (C=O) groups excluding carboxylic acids is 2. The third kappa shape index (κ3) is 7.45. The second-order valence-corrected chi connectivity index (χ2v) is 9.04. The molecule has 1 aliphatic rings. The predicted molar refractivity (Wildman–Crippen MR) is 130 cm³/mol. The monoisotopic (exact) mass is 457 g/mol. The van der Waals surface area contributed by atoms with E-state index in [0.29, 0.717) is 28.8 Å². The average molecular weight is 458 g/mol. The van der Waals surface area contributed by atoms with Crippen LogP contribution in [0, 0.1) is 5.92 Å². The number of amides is 2. The van der Waals surface area contributed by atoms with Crippen molar-refractivity contribution < 1.29 is 14.3 Å².